The molecule has 0 saturated carbocycles. The Bertz CT molecular complexity index is 626. The number of nitrogens with zero attached hydrogens (tertiary/aromatic N) is 3. The summed E-state index contributed by atoms with van der Waals surface area (Å²) in [7, 11) is -3.50. The minimum Gasteiger partial charge on any atom is -0.267 e. The molecule has 0 atom stereocenters. The number of thioether (sulfide) groups is 1. The molecule has 2 heterocycles. The van der Waals surface area contributed by atoms with E-state index in [2.05, 4.69) is 18.9 Å². The lowest BCUT2D eigenvalue weighted by Gasteiger charge is -2.36. The average molecular weight is 352 g/mol. The minimum atomic E-state index is -3.50. The Kier molecular flexibility index (Phi) is 4.97. The summed E-state index contributed by atoms with van der Waals surface area (Å²) in [5, 5.41) is 4.32. The summed E-state index contributed by atoms with van der Waals surface area (Å²) in [6.45, 7) is 9.30. The number of hydrogen-bond donors (Lipinski definition) is 0. The lowest BCUT2D eigenvalue weighted by Crippen LogP contribution is -2.46. The van der Waals surface area contributed by atoms with Crippen LogP contribution in [0.3, 0.4) is 0 Å². The van der Waals surface area contributed by atoms with E-state index in [1.54, 1.807) is 22.8 Å². The summed E-state index contributed by atoms with van der Waals surface area (Å²) in [6, 6.07) is 0. The number of halogens is 1. The summed E-state index contributed by atoms with van der Waals surface area (Å²) < 4.78 is 29.1. The standard InChI is InChI=1S/C13H22ClN3O2S2/c1-10-12(11(2)17(15-10)6-5-14)21(18,19)16-7-8-20-13(3,4)9-16/h5-9H2,1-4H3. The molecule has 0 aromatic carbocycles. The normalized spacial score (nSPS) is 19.9. The van der Waals surface area contributed by atoms with E-state index >= 15 is 0 Å². The predicted molar refractivity (Wildman–Crippen MR) is 87.7 cm³/mol. The molecule has 1 saturated heterocycles. The molecule has 5 nitrogen and oxygen atoms in total. The van der Waals surface area contributed by atoms with Crippen LogP contribution in [0.1, 0.15) is 25.2 Å². The predicted octanol–water partition coefficient (Wildman–Crippen LogP) is 2.25. The van der Waals surface area contributed by atoms with Crippen LogP contribution < -0.4 is 0 Å². The molecule has 1 aliphatic rings. The molecular formula is C13H22ClN3O2S2. The number of rotatable bonds is 4. The lowest BCUT2D eigenvalue weighted by atomic mass is 10.2. The second-order valence-corrected chi connectivity index (χ2v) is 9.91. The molecule has 0 radical (unpaired) electrons. The first-order valence-corrected chi connectivity index (χ1v) is 9.89. The first-order valence-electron chi connectivity index (χ1n) is 6.93. The van der Waals surface area contributed by atoms with Gasteiger partial charge in [0.25, 0.3) is 0 Å². The third kappa shape index (κ3) is 3.41. The molecular weight excluding hydrogens is 330 g/mol. The van der Waals surface area contributed by atoms with Crippen LogP contribution in [0, 0.1) is 13.8 Å². The third-order valence-corrected chi connectivity index (χ3v) is 7.16. The van der Waals surface area contributed by atoms with Gasteiger partial charge in [-0.05, 0) is 27.7 Å². The van der Waals surface area contributed by atoms with Gasteiger partial charge >= 0.3 is 0 Å². The van der Waals surface area contributed by atoms with Crippen LogP contribution in [0.5, 0.6) is 0 Å². The lowest BCUT2D eigenvalue weighted by molar-refractivity contribution is 0.387. The van der Waals surface area contributed by atoms with Gasteiger partial charge in [0, 0.05) is 29.5 Å². The Hall–Kier alpha value is -0.240. The Balaban J connectivity index is 2.40. The molecule has 0 bridgehead atoms. The van der Waals surface area contributed by atoms with E-state index in [9.17, 15) is 8.42 Å². The van der Waals surface area contributed by atoms with Gasteiger partial charge in [0.05, 0.1) is 17.9 Å². The first kappa shape index (κ1) is 17.1. The topological polar surface area (TPSA) is 55.2 Å². The van der Waals surface area contributed by atoms with Crippen molar-refractivity contribution in [2.75, 3.05) is 24.7 Å². The minimum absolute atomic E-state index is 0.0563. The van der Waals surface area contributed by atoms with Gasteiger partial charge in [-0.15, -0.1) is 11.6 Å². The summed E-state index contributed by atoms with van der Waals surface area (Å²) >= 11 is 7.56. The smallest absolute Gasteiger partial charge is 0.246 e. The molecule has 120 valence electrons. The van der Waals surface area contributed by atoms with Gasteiger partial charge in [0.2, 0.25) is 10.0 Å². The Labute approximate surface area is 136 Å². The van der Waals surface area contributed by atoms with Crippen molar-refractivity contribution in [2.24, 2.45) is 0 Å². The highest BCUT2D eigenvalue weighted by molar-refractivity contribution is 8.00. The fraction of sp³-hybridized carbons (Fsp3) is 0.769. The second kappa shape index (κ2) is 6.10. The van der Waals surface area contributed by atoms with Crippen molar-refractivity contribution in [1.29, 1.82) is 0 Å². The summed E-state index contributed by atoms with van der Waals surface area (Å²) in [5.41, 5.74) is 1.22. The fourth-order valence-corrected chi connectivity index (χ4v) is 6.10. The fourth-order valence-electron chi connectivity index (χ4n) is 2.66. The van der Waals surface area contributed by atoms with Gasteiger partial charge in [-0.25, -0.2) is 8.42 Å². The molecule has 1 aromatic rings. The zero-order chi connectivity index (χ0) is 15.8. The zero-order valence-corrected chi connectivity index (χ0v) is 15.3. The third-order valence-electron chi connectivity index (χ3n) is 3.60. The summed E-state index contributed by atoms with van der Waals surface area (Å²) in [6.07, 6.45) is 0. The van der Waals surface area contributed by atoms with E-state index in [1.807, 2.05) is 11.8 Å². The van der Waals surface area contributed by atoms with Crippen molar-refractivity contribution in [3.8, 4) is 0 Å². The largest absolute Gasteiger partial charge is 0.267 e. The number of aromatic nitrogens is 2. The number of alkyl halides is 1. The maximum Gasteiger partial charge on any atom is 0.246 e. The van der Waals surface area contributed by atoms with Crippen molar-refractivity contribution in [2.45, 2.75) is 43.9 Å². The maximum atomic E-state index is 13.0. The molecule has 0 N–H and O–H groups in total. The molecule has 1 fully saturated rings. The molecule has 0 unspecified atom stereocenters. The van der Waals surface area contributed by atoms with Crippen molar-refractivity contribution >= 4 is 33.4 Å². The Morgan fingerprint density at radius 1 is 1.38 bits per heavy atom. The highest BCUT2D eigenvalue weighted by atomic mass is 35.5. The summed E-state index contributed by atoms with van der Waals surface area (Å²) in [5.74, 6) is 1.23. The maximum absolute atomic E-state index is 13.0. The van der Waals surface area contributed by atoms with Gasteiger partial charge in [-0.1, -0.05) is 0 Å². The van der Waals surface area contributed by atoms with Crippen LogP contribution in [0.2, 0.25) is 0 Å². The highest BCUT2D eigenvalue weighted by Gasteiger charge is 2.37. The van der Waals surface area contributed by atoms with E-state index in [-0.39, 0.29) is 4.75 Å². The molecule has 2 rings (SSSR count). The van der Waals surface area contributed by atoms with Gasteiger partial charge in [-0.3, -0.25) is 4.68 Å². The number of aryl methyl sites for hydroxylation is 2. The van der Waals surface area contributed by atoms with Gasteiger partial charge in [0.1, 0.15) is 4.90 Å². The number of hydrogen-bond acceptors (Lipinski definition) is 4. The molecule has 0 aliphatic carbocycles. The van der Waals surface area contributed by atoms with Crippen molar-refractivity contribution < 1.29 is 8.42 Å². The SMILES string of the molecule is Cc1nn(CCCl)c(C)c1S(=O)(=O)N1CCSC(C)(C)C1. The van der Waals surface area contributed by atoms with Crippen LogP contribution >= 0.6 is 23.4 Å². The van der Waals surface area contributed by atoms with Crippen LogP contribution in [0.15, 0.2) is 4.90 Å². The molecule has 1 aliphatic heterocycles. The van der Waals surface area contributed by atoms with Gasteiger partial charge in [-0.2, -0.15) is 21.2 Å². The molecule has 21 heavy (non-hydrogen) atoms. The zero-order valence-electron chi connectivity index (χ0n) is 12.9. The van der Waals surface area contributed by atoms with Crippen LogP contribution in [-0.4, -0.2) is 52.0 Å². The summed E-state index contributed by atoms with van der Waals surface area (Å²) in [4.78, 5) is 0.343. The van der Waals surface area contributed by atoms with Gasteiger partial charge < -0.3 is 0 Å². The van der Waals surface area contributed by atoms with E-state index in [0.717, 1.165) is 5.75 Å². The monoisotopic (exact) mass is 351 g/mol. The molecule has 0 amide bonds. The van der Waals surface area contributed by atoms with Crippen molar-refractivity contribution in [1.82, 2.24) is 14.1 Å². The van der Waals surface area contributed by atoms with Gasteiger partial charge in [0.15, 0.2) is 0 Å². The van der Waals surface area contributed by atoms with E-state index in [0.29, 0.717) is 41.8 Å². The average Bonchev–Trinajstić information content (AvgIpc) is 2.64. The molecule has 0 spiro atoms. The number of sulfonamides is 1. The Morgan fingerprint density at radius 3 is 2.62 bits per heavy atom. The van der Waals surface area contributed by atoms with Crippen LogP contribution in [0.4, 0.5) is 0 Å². The Morgan fingerprint density at radius 2 is 2.05 bits per heavy atom. The van der Waals surface area contributed by atoms with Crippen molar-refractivity contribution in [3.05, 3.63) is 11.4 Å². The quantitative estimate of drug-likeness (QED) is 0.781. The molecule has 1 aromatic heterocycles. The van der Waals surface area contributed by atoms with E-state index in [1.165, 1.54) is 0 Å². The second-order valence-electron chi connectivity index (χ2n) is 5.86. The first-order chi connectivity index (χ1) is 9.69. The van der Waals surface area contributed by atoms with E-state index in [4.69, 9.17) is 11.6 Å². The van der Waals surface area contributed by atoms with E-state index < -0.39 is 10.0 Å². The highest BCUT2D eigenvalue weighted by Crippen LogP contribution is 2.33. The molecule has 8 heteroatoms. The van der Waals surface area contributed by atoms with Crippen LogP contribution in [-0.2, 0) is 16.6 Å². The van der Waals surface area contributed by atoms with Crippen LogP contribution in [0.25, 0.3) is 0 Å². The van der Waals surface area contributed by atoms with Crippen molar-refractivity contribution in [3.63, 3.8) is 0 Å².